The first-order chi connectivity index (χ1) is 6.90. The average molecular weight is 189 g/mol. The van der Waals surface area contributed by atoms with Crippen molar-refractivity contribution in [3.05, 3.63) is 47.7 Å². The van der Waals surface area contributed by atoms with Crippen molar-refractivity contribution in [1.82, 2.24) is 5.32 Å². The van der Waals surface area contributed by atoms with Gasteiger partial charge in [-0.15, -0.1) is 0 Å². The van der Waals surface area contributed by atoms with Crippen LogP contribution in [0, 0.1) is 5.92 Å². The van der Waals surface area contributed by atoms with Crippen molar-refractivity contribution < 1.29 is 0 Å². The molecule has 1 nitrogen and oxygen atoms in total. The second-order valence-electron chi connectivity index (χ2n) is 3.16. The smallest absolute Gasteiger partial charge is 0.0113 e. The molecule has 2 aliphatic carbocycles. The number of rotatable bonds is 1. The van der Waals surface area contributed by atoms with Crippen LogP contribution in [-0.2, 0) is 0 Å². The summed E-state index contributed by atoms with van der Waals surface area (Å²) in [6, 6.07) is 0. The second-order valence-corrected chi connectivity index (χ2v) is 3.16. The third-order valence-electron chi connectivity index (χ3n) is 2.41. The van der Waals surface area contributed by atoms with Crippen LogP contribution in [0.15, 0.2) is 47.7 Å². The van der Waals surface area contributed by atoms with Gasteiger partial charge in [0, 0.05) is 18.7 Å². The van der Waals surface area contributed by atoms with Gasteiger partial charge in [-0.3, -0.25) is 0 Å². The molecule has 0 aromatic heterocycles. The summed E-state index contributed by atoms with van der Waals surface area (Å²) in [5.74, 6) is 0.599. The van der Waals surface area contributed by atoms with Gasteiger partial charge in [0.15, 0.2) is 0 Å². The van der Waals surface area contributed by atoms with Crippen molar-refractivity contribution in [2.24, 2.45) is 5.92 Å². The second kappa shape index (κ2) is 5.48. The summed E-state index contributed by atoms with van der Waals surface area (Å²) in [5, 5.41) is 3.20. The van der Waals surface area contributed by atoms with E-state index >= 15 is 0 Å². The number of nitrogens with one attached hydrogen (secondary N) is 1. The molecule has 0 bridgehead atoms. The molecule has 0 aliphatic heterocycles. The fourth-order valence-electron chi connectivity index (χ4n) is 1.65. The molecular weight excluding hydrogens is 170 g/mol. The van der Waals surface area contributed by atoms with Crippen LogP contribution in [-0.4, -0.2) is 7.05 Å². The first-order valence-corrected chi connectivity index (χ1v) is 5.33. The van der Waals surface area contributed by atoms with Crippen LogP contribution in [0.1, 0.15) is 20.3 Å². The van der Waals surface area contributed by atoms with Gasteiger partial charge in [0.25, 0.3) is 0 Å². The minimum Gasteiger partial charge on any atom is -0.391 e. The SMILES string of the molecule is CC.CNC1=CC=C2C=CC=C[C@@H]2C1. The molecule has 0 amide bonds. The first-order valence-electron chi connectivity index (χ1n) is 5.33. The van der Waals surface area contributed by atoms with E-state index in [0.717, 1.165) is 6.42 Å². The average Bonchev–Trinajstić information content (AvgIpc) is 2.31. The molecule has 2 rings (SSSR count). The Morgan fingerprint density at radius 1 is 1.21 bits per heavy atom. The lowest BCUT2D eigenvalue weighted by molar-refractivity contribution is 0.702. The fraction of sp³-hybridized carbons (Fsp3) is 0.385. The summed E-state index contributed by atoms with van der Waals surface area (Å²) in [4.78, 5) is 0. The molecule has 1 atom stereocenters. The quantitative estimate of drug-likeness (QED) is 0.668. The topological polar surface area (TPSA) is 12.0 Å². The van der Waals surface area contributed by atoms with E-state index in [4.69, 9.17) is 0 Å². The van der Waals surface area contributed by atoms with Gasteiger partial charge in [-0.25, -0.2) is 0 Å². The summed E-state index contributed by atoms with van der Waals surface area (Å²) >= 11 is 0. The van der Waals surface area contributed by atoms with Crippen molar-refractivity contribution in [2.75, 3.05) is 7.05 Å². The molecule has 0 saturated heterocycles. The Balaban J connectivity index is 0.000000461. The Hall–Kier alpha value is -1.24. The lowest BCUT2D eigenvalue weighted by Crippen LogP contribution is -2.14. The standard InChI is InChI=1S/C11H13N.C2H6/c1-12-11-7-6-9-4-2-3-5-10(9)8-11;1-2/h2-7,10,12H,8H2,1H3;1-2H3/t10-;/m1./s1. The van der Waals surface area contributed by atoms with Gasteiger partial charge in [-0.1, -0.05) is 44.2 Å². The normalized spacial score (nSPS) is 22.6. The predicted molar refractivity (Wildman–Crippen MR) is 63.0 cm³/mol. The van der Waals surface area contributed by atoms with Crippen LogP contribution < -0.4 is 5.32 Å². The Labute approximate surface area is 86.9 Å². The summed E-state index contributed by atoms with van der Waals surface area (Å²) < 4.78 is 0. The van der Waals surface area contributed by atoms with Crippen molar-refractivity contribution in [3.8, 4) is 0 Å². The van der Waals surface area contributed by atoms with Crippen LogP contribution in [0.5, 0.6) is 0 Å². The number of allylic oxidation sites excluding steroid dienone is 8. The zero-order valence-electron chi connectivity index (χ0n) is 9.25. The van der Waals surface area contributed by atoms with Gasteiger partial charge in [-0.2, -0.15) is 0 Å². The summed E-state index contributed by atoms with van der Waals surface area (Å²) in [7, 11) is 1.98. The molecule has 0 aromatic carbocycles. The Morgan fingerprint density at radius 2 is 2.00 bits per heavy atom. The van der Waals surface area contributed by atoms with E-state index in [1.807, 2.05) is 20.9 Å². The first kappa shape index (κ1) is 10.8. The summed E-state index contributed by atoms with van der Waals surface area (Å²) in [6.07, 6.45) is 14.1. The van der Waals surface area contributed by atoms with E-state index in [2.05, 4.69) is 41.8 Å². The Bertz CT molecular complexity index is 292. The van der Waals surface area contributed by atoms with Crippen LogP contribution in [0.2, 0.25) is 0 Å². The molecule has 76 valence electrons. The van der Waals surface area contributed by atoms with Crippen molar-refractivity contribution in [1.29, 1.82) is 0 Å². The van der Waals surface area contributed by atoms with Gasteiger partial charge in [-0.05, 0) is 18.1 Å². The van der Waals surface area contributed by atoms with Gasteiger partial charge >= 0.3 is 0 Å². The zero-order valence-corrected chi connectivity index (χ0v) is 9.25. The highest BCUT2D eigenvalue weighted by molar-refractivity contribution is 5.39. The lowest BCUT2D eigenvalue weighted by Gasteiger charge is -2.21. The number of fused-ring (bicyclic) bond motifs is 1. The predicted octanol–water partition coefficient (Wildman–Crippen LogP) is 3.19. The molecule has 0 radical (unpaired) electrons. The molecule has 0 unspecified atom stereocenters. The maximum Gasteiger partial charge on any atom is 0.0113 e. The maximum atomic E-state index is 3.20. The monoisotopic (exact) mass is 189 g/mol. The summed E-state index contributed by atoms with van der Waals surface area (Å²) in [6.45, 7) is 4.00. The van der Waals surface area contributed by atoms with Crippen molar-refractivity contribution in [3.63, 3.8) is 0 Å². The molecular formula is C13H19N. The van der Waals surface area contributed by atoms with Gasteiger partial charge < -0.3 is 5.32 Å². The third kappa shape index (κ3) is 2.38. The van der Waals surface area contributed by atoms with E-state index in [0.29, 0.717) is 5.92 Å². The molecule has 0 spiro atoms. The van der Waals surface area contributed by atoms with Gasteiger partial charge in [0.05, 0.1) is 0 Å². The molecule has 0 fully saturated rings. The molecule has 14 heavy (non-hydrogen) atoms. The minimum atomic E-state index is 0.599. The van der Waals surface area contributed by atoms with Gasteiger partial charge in [0.2, 0.25) is 0 Å². The highest BCUT2D eigenvalue weighted by Gasteiger charge is 2.15. The maximum absolute atomic E-state index is 3.20. The van der Waals surface area contributed by atoms with E-state index < -0.39 is 0 Å². The van der Waals surface area contributed by atoms with Crippen LogP contribution in [0.3, 0.4) is 0 Å². The van der Waals surface area contributed by atoms with Gasteiger partial charge in [0.1, 0.15) is 0 Å². The molecule has 2 aliphatic rings. The van der Waals surface area contributed by atoms with Crippen LogP contribution >= 0.6 is 0 Å². The van der Waals surface area contributed by atoms with E-state index in [-0.39, 0.29) is 0 Å². The fourth-order valence-corrected chi connectivity index (χ4v) is 1.65. The van der Waals surface area contributed by atoms with E-state index in [1.54, 1.807) is 0 Å². The third-order valence-corrected chi connectivity index (χ3v) is 2.41. The van der Waals surface area contributed by atoms with Crippen LogP contribution in [0.25, 0.3) is 0 Å². The molecule has 1 N–H and O–H groups in total. The Kier molecular flexibility index (Phi) is 4.24. The Morgan fingerprint density at radius 3 is 2.71 bits per heavy atom. The molecule has 0 heterocycles. The minimum absolute atomic E-state index is 0.599. The number of hydrogen-bond donors (Lipinski definition) is 1. The molecule has 0 aromatic rings. The largest absolute Gasteiger partial charge is 0.391 e. The highest BCUT2D eigenvalue weighted by Crippen LogP contribution is 2.28. The van der Waals surface area contributed by atoms with Crippen molar-refractivity contribution >= 4 is 0 Å². The lowest BCUT2D eigenvalue weighted by atomic mass is 9.87. The molecule has 0 saturated carbocycles. The van der Waals surface area contributed by atoms with Crippen molar-refractivity contribution in [2.45, 2.75) is 20.3 Å². The molecule has 1 heteroatoms. The van der Waals surface area contributed by atoms with E-state index in [9.17, 15) is 0 Å². The van der Waals surface area contributed by atoms with E-state index in [1.165, 1.54) is 11.3 Å². The zero-order chi connectivity index (χ0) is 10.4. The number of hydrogen-bond acceptors (Lipinski definition) is 1. The highest BCUT2D eigenvalue weighted by atomic mass is 14.8. The summed E-state index contributed by atoms with van der Waals surface area (Å²) in [5.41, 5.74) is 2.75. The van der Waals surface area contributed by atoms with Crippen LogP contribution in [0.4, 0.5) is 0 Å².